The van der Waals surface area contributed by atoms with E-state index >= 15 is 0 Å². The average Bonchev–Trinajstić information content (AvgIpc) is 3.60. The van der Waals surface area contributed by atoms with E-state index in [1.807, 2.05) is 37.4 Å². The minimum Gasteiger partial charge on any atom is -0.490 e. The topological polar surface area (TPSA) is 58.5 Å². The third-order valence-corrected chi connectivity index (χ3v) is 5.38. The molecule has 1 saturated carbocycles. The Labute approximate surface area is 199 Å². The van der Waals surface area contributed by atoms with E-state index in [2.05, 4.69) is 32.7 Å². The number of ether oxygens (including phenoxy) is 1. The zero-order valence-electron chi connectivity index (χ0n) is 17.8. The first-order valence-electron chi connectivity index (χ1n) is 10.4. The predicted octanol–water partition coefficient (Wildman–Crippen LogP) is 5.21. The number of hydrogen-bond donors (Lipinski definition) is 2. The summed E-state index contributed by atoms with van der Waals surface area (Å²) in [5.41, 5.74) is 1.78. The van der Waals surface area contributed by atoms with E-state index in [1.54, 1.807) is 13.1 Å². The number of aromatic nitrogens is 1. The molecule has 31 heavy (non-hydrogen) atoms. The van der Waals surface area contributed by atoms with Crippen LogP contribution in [0.4, 0.5) is 4.39 Å². The van der Waals surface area contributed by atoms with Gasteiger partial charge in [0.1, 0.15) is 0 Å². The molecule has 0 spiro atoms. The molecule has 5 nitrogen and oxygen atoms in total. The summed E-state index contributed by atoms with van der Waals surface area (Å²) in [6.45, 7) is 3.11. The Morgan fingerprint density at radius 1 is 1.23 bits per heavy atom. The first kappa shape index (κ1) is 23.2. The monoisotopic (exact) mass is 534 g/mol. The van der Waals surface area contributed by atoms with Gasteiger partial charge in [-0.05, 0) is 54.8 Å². The lowest BCUT2D eigenvalue weighted by atomic mass is 10.1. The minimum absolute atomic E-state index is 0. The summed E-state index contributed by atoms with van der Waals surface area (Å²) in [5, 5.41) is 8.88. The molecule has 0 bridgehead atoms. The zero-order valence-corrected chi connectivity index (χ0v) is 20.1. The van der Waals surface area contributed by atoms with Gasteiger partial charge in [-0.15, -0.1) is 24.0 Å². The molecule has 1 aliphatic rings. The first-order valence-corrected chi connectivity index (χ1v) is 10.4. The molecular formula is C24H28FIN4O. The molecule has 1 aliphatic carbocycles. The van der Waals surface area contributed by atoms with E-state index in [-0.39, 0.29) is 35.8 Å². The molecule has 4 rings (SSSR count). The van der Waals surface area contributed by atoms with Gasteiger partial charge in [-0.25, -0.2) is 4.39 Å². The Kier molecular flexibility index (Phi) is 8.06. The largest absolute Gasteiger partial charge is 0.490 e. The smallest absolute Gasteiger partial charge is 0.191 e. The lowest BCUT2D eigenvalue weighted by molar-refractivity contribution is 0.285. The molecule has 2 N–H and O–H groups in total. The molecule has 7 heteroatoms. The van der Waals surface area contributed by atoms with Crippen molar-refractivity contribution in [3.8, 4) is 5.75 Å². The van der Waals surface area contributed by atoms with Gasteiger partial charge in [-0.1, -0.05) is 30.3 Å². The average molecular weight is 534 g/mol. The van der Waals surface area contributed by atoms with Crippen LogP contribution in [0, 0.1) is 11.7 Å². The first-order chi connectivity index (χ1) is 14.6. The third-order valence-electron chi connectivity index (χ3n) is 5.38. The van der Waals surface area contributed by atoms with Crippen LogP contribution in [0.25, 0.3) is 10.8 Å². The predicted molar refractivity (Wildman–Crippen MR) is 134 cm³/mol. The molecule has 1 fully saturated rings. The Hall–Kier alpha value is -2.42. The van der Waals surface area contributed by atoms with Crippen molar-refractivity contribution in [1.29, 1.82) is 0 Å². The maximum absolute atomic E-state index is 14.4. The highest BCUT2D eigenvalue weighted by molar-refractivity contribution is 14.0. The second-order valence-electron chi connectivity index (χ2n) is 7.71. The second kappa shape index (κ2) is 10.7. The van der Waals surface area contributed by atoms with Crippen LogP contribution in [0.1, 0.15) is 37.1 Å². The number of aliphatic imine (C=N–C) groups is 1. The van der Waals surface area contributed by atoms with Gasteiger partial charge in [0.05, 0.1) is 24.9 Å². The number of pyridine rings is 1. The highest BCUT2D eigenvalue weighted by atomic mass is 127. The van der Waals surface area contributed by atoms with Crippen molar-refractivity contribution < 1.29 is 9.13 Å². The van der Waals surface area contributed by atoms with Gasteiger partial charge in [0, 0.05) is 18.6 Å². The van der Waals surface area contributed by atoms with Crippen LogP contribution in [0.2, 0.25) is 0 Å². The Morgan fingerprint density at radius 2 is 2.03 bits per heavy atom. The fourth-order valence-electron chi connectivity index (χ4n) is 3.37. The van der Waals surface area contributed by atoms with Crippen molar-refractivity contribution in [3.63, 3.8) is 0 Å². The Morgan fingerprint density at radius 3 is 2.77 bits per heavy atom. The van der Waals surface area contributed by atoms with Crippen molar-refractivity contribution in [1.82, 2.24) is 15.6 Å². The van der Waals surface area contributed by atoms with Gasteiger partial charge in [0.25, 0.3) is 0 Å². The van der Waals surface area contributed by atoms with Gasteiger partial charge < -0.3 is 15.4 Å². The normalized spacial score (nSPS) is 14.6. The van der Waals surface area contributed by atoms with Crippen molar-refractivity contribution in [2.75, 3.05) is 13.7 Å². The second-order valence-corrected chi connectivity index (χ2v) is 7.71. The highest BCUT2D eigenvalue weighted by Gasteiger charge is 2.22. The van der Waals surface area contributed by atoms with Crippen LogP contribution < -0.4 is 15.4 Å². The lowest BCUT2D eigenvalue weighted by Crippen LogP contribution is -2.38. The summed E-state index contributed by atoms with van der Waals surface area (Å²) in [6, 6.07) is 15.2. The van der Waals surface area contributed by atoms with E-state index in [0.717, 1.165) is 22.0 Å². The molecule has 3 aromatic rings. The number of benzene rings is 2. The summed E-state index contributed by atoms with van der Waals surface area (Å²) in [4.78, 5) is 8.79. The van der Waals surface area contributed by atoms with Crippen LogP contribution in [-0.2, 0) is 6.54 Å². The Balaban J connectivity index is 0.00000272. The quantitative estimate of drug-likeness (QED) is 0.249. The number of halogens is 2. The minimum atomic E-state index is -0.329. The van der Waals surface area contributed by atoms with E-state index < -0.39 is 0 Å². The molecule has 0 aliphatic heterocycles. The number of guanidine groups is 1. The molecule has 0 radical (unpaired) electrons. The zero-order chi connectivity index (χ0) is 20.9. The number of rotatable bonds is 7. The van der Waals surface area contributed by atoms with Crippen LogP contribution in [-0.4, -0.2) is 24.6 Å². The lowest BCUT2D eigenvalue weighted by Gasteiger charge is -2.19. The van der Waals surface area contributed by atoms with Crippen molar-refractivity contribution in [2.45, 2.75) is 32.4 Å². The van der Waals surface area contributed by atoms with Crippen molar-refractivity contribution >= 4 is 40.7 Å². The maximum atomic E-state index is 14.4. The van der Waals surface area contributed by atoms with Crippen molar-refractivity contribution in [2.24, 2.45) is 10.9 Å². The van der Waals surface area contributed by atoms with Crippen LogP contribution in [0.3, 0.4) is 0 Å². The Bertz CT molecular complexity index is 1050. The van der Waals surface area contributed by atoms with Crippen LogP contribution in [0.15, 0.2) is 59.7 Å². The number of nitrogens with one attached hydrogen (secondary N) is 2. The standard InChI is InChI=1S/C24H27FN4O.HI/c1-16(19-9-10-23(21(25)13-19)30-15-17-7-8-17)29-24(26-2)28-14-22-20-6-4-3-5-18(20)11-12-27-22;/h3-6,9-13,16-17H,7-8,14-15H2,1-2H3,(H2,26,28,29);1H. The van der Waals surface area contributed by atoms with Gasteiger partial charge in [0.15, 0.2) is 17.5 Å². The fraction of sp³-hybridized carbons (Fsp3) is 0.333. The fourth-order valence-corrected chi connectivity index (χ4v) is 3.37. The van der Waals surface area contributed by atoms with E-state index in [0.29, 0.717) is 30.8 Å². The summed E-state index contributed by atoms with van der Waals surface area (Å²) < 4.78 is 20.0. The maximum Gasteiger partial charge on any atom is 0.191 e. The van der Waals surface area contributed by atoms with Crippen molar-refractivity contribution in [3.05, 3.63) is 71.8 Å². The molecule has 0 amide bonds. The molecule has 1 unspecified atom stereocenters. The molecular weight excluding hydrogens is 506 g/mol. The molecule has 164 valence electrons. The molecule has 0 saturated heterocycles. The summed E-state index contributed by atoms with van der Waals surface area (Å²) in [5.74, 6) is 1.22. The number of fused-ring (bicyclic) bond motifs is 1. The highest BCUT2D eigenvalue weighted by Crippen LogP contribution is 2.30. The molecule has 2 aromatic carbocycles. The summed E-state index contributed by atoms with van der Waals surface area (Å²) in [7, 11) is 1.72. The molecule has 1 aromatic heterocycles. The SMILES string of the molecule is CN=C(NCc1nccc2ccccc12)NC(C)c1ccc(OCC2CC2)c(F)c1.I. The van der Waals surface area contributed by atoms with Gasteiger partial charge in [-0.2, -0.15) is 0 Å². The number of hydrogen-bond acceptors (Lipinski definition) is 3. The third kappa shape index (κ3) is 6.06. The van der Waals surface area contributed by atoms with Crippen LogP contribution >= 0.6 is 24.0 Å². The van der Waals surface area contributed by atoms with Gasteiger partial charge >= 0.3 is 0 Å². The van der Waals surface area contributed by atoms with E-state index in [1.165, 1.54) is 18.9 Å². The molecule has 1 heterocycles. The summed E-state index contributed by atoms with van der Waals surface area (Å²) >= 11 is 0. The van der Waals surface area contributed by atoms with E-state index in [9.17, 15) is 4.39 Å². The van der Waals surface area contributed by atoms with Gasteiger partial charge in [-0.3, -0.25) is 9.98 Å². The number of nitrogens with zero attached hydrogens (tertiary/aromatic N) is 2. The molecule has 1 atom stereocenters. The van der Waals surface area contributed by atoms with Gasteiger partial charge in [0.2, 0.25) is 0 Å². The summed E-state index contributed by atoms with van der Waals surface area (Å²) in [6.07, 6.45) is 4.18. The van der Waals surface area contributed by atoms with E-state index in [4.69, 9.17) is 4.74 Å². The van der Waals surface area contributed by atoms with Crippen LogP contribution in [0.5, 0.6) is 5.75 Å².